The Kier molecular flexibility index (Phi) is 6.54. The van der Waals surface area contributed by atoms with Gasteiger partial charge in [0.25, 0.3) is 5.56 Å². The molecule has 0 aliphatic carbocycles. The summed E-state index contributed by atoms with van der Waals surface area (Å²) in [5, 5.41) is 13.3. The Morgan fingerprint density at radius 1 is 1.00 bits per heavy atom. The van der Waals surface area contributed by atoms with Crippen molar-refractivity contribution in [3.05, 3.63) is 111 Å². The van der Waals surface area contributed by atoms with E-state index in [4.69, 9.17) is 4.42 Å². The van der Waals surface area contributed by atoms with Crippen LogP contribution in [0.5, 0.6) is 0 Å². The standard InChI is InChI=1S/C27H28N6O2/c1-19-5-3-6-21(13-19)10-11-32(18-26-29-30-31-33(26)17-24-7-4-12-35-24)16-23-15-22-14-20(2)8-9-25(22)28-27(23)34/h3-9,12-15H,10-11,16-18H2,1-2H3,(H,28,34). The van der Waals surface area contributed by atoms with Crippen LogP contribution in [0, 0.1) is 13.8 Å². The molecule has 8 heteroatoms. The lowest BCUT2D eigenvalue weighted by Gasteiger charge is -2.22. The van der Waals surface area contributed by atoms with Gasteiger partial charge in [-0.05, 0) is 72.0 Å². The molecule has 178 valence electrons. The van der Waals surface area contributed by atoms with Gasteiger partial charge in [0.1, 0.15) is 12.3 Å². The lowest BCUT2D eigenvalue weighted by atomic mass is 10.1. The predicted molar refractivity (Wildman–Crippen MR) is 134 cm³/mol. The van der Waals surface area contributed by atoms with Crippen LogP contribution in [0.15, 0.2) is 76.1 Å². The normalized spacial score (nSPS) is 11.5. The Balaban J connectivity index is 1.41. The quantitative estimate of drug-likeness (QED) is 0.351. The summed E-state index contributed by atoms with van der Waals surface area (Å²) in [7, 11) is 0. The fourth-order valence-corrected chi connectivity index (χ4v) is 4.31. The van der Waals surface area contributed by atoms with E-state index in [2.05, 4.69) is 69.6 Å². The average Bonchev–Trinajstić information content (AvgIpc) is 3.51. The molecule has 0 aliphatic heterocycles. The summed E-state index contributed by atoms with van der Waals surface area (Å²) in [5.41, 5.74) is 5.14. The summed E-state index contributed by atoms with van der Waals surface area (Å²) in [6.07, 6.45) is 2.49. The summed E-state index contributed by atoms with van der Waals surface area (Å²) in [6.45, 7) is 6.35. The number of H-pyrrole nitrogens is 1. The first-order chi connectivity index (χ1) is 17.0. The number of pyridine rings is 1. The molecule has 8 nitrogen and oxygen atoms in total. The number of furan rings is 1. The molecule has 35 heavy (non-hydrogen) atoms. The van der Waals surface area contributed by atoms with Crippen LogP contribution in [-0.2, 0) is 26.1 Å². The second-order valence-corrected chi connectivity index (χ2v) is 9.00. The van der Waals surface area contributed by atoms with Crippen molar-refractivity contribution in [1.82, 2.24) is 30.1 Å². The molecule has 0 fully saturated rings. The maximum atomic E-state index is 12.9. The minimum Gasteiger partial charge on any atom is -0.467 e. The van der Waals surface area contributed by atoms with E-state index in [-0.39, 0.29) is 5.56 Å². The number of fused-ring (bicyclic) bond motifs is 1. The number of hydrogen-bond acceptors (Lipinski definition) is 6. The van der Waals surface area contributed by atoms with E-state index in [0.717, 1.165) is 46.6 Å². The molecule has 3 heterocycles. The third kappa shape index (κ3) is 5.55. The molecule has 5 aromatic rings. The number of aromatic nitrogens is 5. The first kappa shape index (κ1) is 22.7. The molecule has 0 unspecified atom stereocenters. The number of aryl methyl sites for hydroxylation is 2. The van der Waals surface area contributed by atoms with Crippen molar-refractivity contribution in [2.75, 3.05) is 6.54 Å². The van der Waals surface area contributed by atoms with Gasteiger partial charge in [-0.1, -0.05) is 41.5 Å². The number of nitrogens with one attached hydrogen (secondary N) is 1. The molecule has 0 amide bonds. The molecule has 0 bridgehead atoms. The highest BCUT2D eigenvalue weighted by Crippen LogP contribution is 2.16. The Labute approximate surface area is 203 Å². The zero-order valence-corrected chi connectivity index (χ0v) is 19.9. The first-order valence-electron chi connectivity index (χ1n) is 11.7. The lowest BCUT2D eigenvalue weighted by Crippen LogP contribution is -2.30. The van der Waals surface area contributed by atoms with Crippen LogP contribution < -0.4 is 5.56 Å². The molecule has 2 aromatic carbocycles. The third-order valence-electron chi connectivity index (χ3n) is 6.13. The minimum atomic E-state index is -0.0721. The predicted octanol–water partition coefficient (Wildman–Crippen LogP) is 4.02. The van der Waals surface area contributed by atoms with Crippen LogP contribution in [0.1, 0.15) is 33.8 Å². The van der Waals surface area contributed by atoms with Crippen molar-refractivity contribution in [3.63, 3.8) is 0 Å². The van der Waals surface area contributed by atoms with E-state index in [1.807, 2.05) is 30.3 Å². The molecular weight excluding hydrogens is 440 g/mol. The monoisotopic (exact) mass is 468 g/mol. The summed E-state index contributed by atoms with van der Waals surface area (Å²) >= 11 is 0. The van der Waals surface area contributed by atoms with E-state index in [1.54, 1.807) is 10.9 Å². The molecule has 3 aromatic heterocycles. The smallest absolute Gasteiger partial charge is 0.252 e. The van der Waals surface area contributed by atoms with E-state index >= 15 is 0 Å². The summed E-state index contributed by atoms with van der Waals surface area (Å²) in [6, 6.07) is 20.3. The number of tetrazole rings is 1. The summed E-state index contributed by atoms with van der Waals surface area (Å²) in [4.78, 5) is 18.2. The van der Waals surface area contributed by atoms with Crippen LogP contribution in [0.4, 0.5) is 0 Å². The summed E-state index contributed by atoms with van der Waals surface area (Å²) < 4.78 is 7.21. The number of aromatic amines is 1. The van der Waals surface area contributed by atoms with E-state index in [0.29, 0.717) is 19.6 Å². The van der Waals surface area contributed by atoms with Crippen molar-refractivity contribution in [3.8, 4) is 0 Å². The van der Waals surface area contributed by atoms with Crippen LogP contribution in [0.2, 0.25) is 0 Å². The van der Waals surface area contributed by atoms with E-state index in [1.165, 1.54) is 11.1 Å². The maximum absolute atomic E-state index is 12.9. The largest absolute Gasteiger partial charge is 0.467 e. The van der Waals surface area contributed by atoms with Crippen molar-refractivity contribution in [2.45, 2.75) is 39.9 Å². The van der Waals surface area contributed by atoms with E-state index < -0.39 is 0 Å². The molecule has 0 spiro atoms. The zero-order chi connectivity index (χ0) is 24.2. The van der Waals surface area contributed by atoms with Gasteiger partial charge in [-0.15, -0.1) is 5.10 Å². The van der Waals surface area contributed by atoms with Gasteiger partial charge in [-0.2, -0.15) is 0 Å². The van der Waals surface area contributed by atoms with Gasteiger partial charge in [0.15, 0.2) is 5.82 Å². The number of rotatable bonds is 9. The number of benzene rings is 2. The Bertz CT molecular complexity index is 1490. The summed E-state index contributed by atoms with van der Waals surface area (Å²) in [5.74, 6) is 1.50. The number of nitrogens with zero attached hydrogens (tertiary/aromatic N) is 5. The van der Waals surface area contributed by atoms with Crippen LogP contribution in [0.3, 0.4) is 0 Å². The van der Waals surface area contributed by atoms with Gasteiger partial charge in [0, 0.05) is 24.2 Å². The molecule has 0 aliphatic rings. The molecule has 0 radical (unpaired) electrons. The highest BCUT2D eigenvalue weighted by Gasteiger charge is 2.16. The Hall–Kier alpha value is -4.04. The molecule has 0 saturated carbocycles. The van der Waals surface area contributed by atoms with Gasteiger partial charge in [0.2, 0.25) is 0 Å². The average molecular weight is 469 g/mol. The van der Waals surface area contributed by atoms with Crippen molar-refractivity contribution in [1.29, 1.82) is 0 Å². The second kappa shape index (κ2) is 10.1. The van der Waals surface area contributed by atoms with Gasteiger partial charge in [-0.3, -0.25) is 9.69 Å². The SMILES string of the molecule is Cc1cccc(CCN(Cc2cc3cc(C)ccc3[nH]c2=O)Cc2nnnn2Cc2ccco2)c1. The van der Waals surface area contributed by atoms with Crippen LogP contribution >= 0.6 is 0 Å². The van der Waals surface area contributed by atoms with Crippen molar-refractivity contribution >= 4 is 10.9 Å². The highest BCUT2D eigenvalue weighted by molar-refractivity contribution is 5.79. The third-order valence-corrected chi connectivity index (χ3v) is 6.13. The molecule has 5 rings (SSSR count). The number of hydrogen-bond donors (Lipinski definition) is 1. The molecule has 1 N–H and O–H groups in total. The van der Waals surface area contributed by atoms with Crippen LogP contribution in [0.25, 0.3) is 10.9 Å². The van der Waals surface area contributed by atoms with Gasteiger partial charge in [0.05, 0.1) is 12.8 Å². The van der Waals surface area contributed by atoms with Gasteiger partial charge in [-0.25, -0.2) is 4.68 Å². The van der Waals surface area contributed by atoms with Crippen molar-refractivity contribution in [2.24, 2.45) is 0 Å². The van der Waals surface area contributed by atoms with Crippen molar-refractivity contribution < 1.29 is 4.42 Å². The van der Waals surface area contributed by atoms with Gasteiger partial charge < -0.3 is 9.40 Å². The Morgan fingerprint density at radius 2 is 1.89 bits per heavy atom. The van der Waals surface area contributed by atoms with E-state index in [9.17, 15) is 4.79 Å². The lowest BCUT2D eigenvalue weighted by molar-refractivity contribution is 0.247. The highest BCUT2D eigenvalue weighted by atomic mass is 16.3. The molecular formula is C27H28N6O2. The topological polar surface area (TPSA) is 92.8 Å². The molecule has 0 atom stereocenters. The fourth-order valence-electron chi connectivity index (χ4n) is 4.31. The second-order valence-electron chi connectivity index (χ2n) is 9.00. The minimum absolute atomic E-state index is 0.0721. The zero-order valence-electron chi connectivity index (χ0n) is 19.9. The molecule has 0 saturated heterocycles. The van der Waals surface area contributed by atoms with Crippen LogP contribution in [-0.4, -0.2) is 36.6 Å². The first-order valence-corrected chi connectivity index (χ1v) is 11.7. The Morgan fingerprint density at radius 3 is 2.71 bits per heavy atom. The van der Waals surface area contributed by atoms with Gasteiger partial charge >= 0.3 is 0 Å². The maximum Gasteiger partial charge on any atom is 0.252 e. The fraction of sp³-hybridized carbons (Fsp3) is 0.259.